The van der Waals surface area contributed by atoms with E-state index in [-0.39, 0.29) is 27.8 Å². The lowest BCUT2D eigenvalue weighted by Gasteiger charge is -2.33. The van der Waals surface area contributed by atoms with E-state index in [2.05, 4.69) is 0 Å². The minimum Gasteiger partial charge on any atom is -0.481 e. The van der Waals surface area contributed by atoms with E-state index < -0.39 is 24.2 Å². The highest BCUT2D eigenvalue weighted by Crippen LogP contribution is 2.44. The fourth-order valence-corrected chi connectivity index (χ4v) is 2.39. The van der Waals surface area contributed by atoms with Crippen LogP contribution in [0.2, 0.25) is 10.0 Å². The molecule has 0 fully saturated rings. The minimum atomic E-state index is -4.80. The fourth-order valence-electron chi connectivity index (χ4n) is 1.94. The van der Waals surface area contributed by atoms with Gasteiger partial charge in [-0.05, 0) is 18.6 Å². The number of carboxylic acids is 1. The third-order valence-corrected chi connectivity index (χ3v) is 3.48. The van der Waals surface area contributed by atoms with Gasteiger partial charge in [0, 0.05) is 10.6 Å². The van der Waals surface area contributed by atoms with Crippen LogP contribution in [0.3, 0.4) is 0 Å². The molecule has 0 bridgehead atoms. The van der Waals surface area contributed by atoms with E-state index in [1.165, 1.54) is 12.1 Å². The highest BCUT2D eigenvalue weighted by Gasteiger charge is 2.52. The van der Waals surface area contributed by atoms with E-state index in [4.69, 9.17) is 33.0 Å². The molecule has 2 atom stereocenters. The van der Waals surface area contributed by atoms with Crippen LogP contribution in [0.1, 0.15) is 5.56 Å². The van der Waals surface area contributed by atoms with Crippen molar-refractivity contribution in [2.45, 2.75) is 18.7 Å². The summed E-state index contributed by atoms with van der Waals surface area (Å²) < 4.78 is 43.2. The maximum Gasteiger partial charge on any atom is 0.426 e. The summed E-state index contributed by atoms with van der Waals surface area (Å²) in [6.07, 6.45) is -7.62. The molecule has 19 heavy (non-hydrogen) atoms. The summed E-state index contributed by atoms with van der Waals surface area (Å²) in [6.45, 7) is 0. The summed E-state index contributed by atoms with van der Waals surface area (Å²) in [5.74, 6) is -3.54. The molecule has 2 rings (SSSR count). The summed E-state index contributed by atoms with van der Waals surface area (Å²) >= 11 is 11.6. The summed E-state index contributed by atoms with van der Waals surface area (Å²) in [5, 5.41) is 9.00. The van der Waals surface area contributed by atoms with E-state index in [1.54, 1.807) is 0 Å². The first-order valence-corrected chi connectivity index (χ1v) is 5.90. The van der Waals surface area contributed by atoms with Gasteiger partial charge in [0.15, 0.2) is 0 Å². The quantitative estimate of drug-likeness (QED) is 0.862. The Morgan fingerprint density at radius 2 is 1.89 bits per heavy atom. The zero-order chi connectivity index (χ0) is 14.4. The number of ether oxygens (including phenoxy) is 1. The molecule has 3 nitrogen and oxygen atoms in total. The number of alkyl halides is 3. The van der Waals surface area contributed by atoms with Gasteiger partial charge in [-0.25, -0.2) is 0 Å². The summed E-state index contributed by atoms with van der Waals surface area (Å²) in [7, 11) is 0. The number of fused-ring (bicyclic) bond motifs is 1. The van der Waals surface area contributed by atoms with Crippen LogP contribution < -0.4 is 4.74 Å². The number of benzene rings is 1. The molecule has 0 saturated carbocycles. The Morgan fingerprint density at radius 3 is 2.42 bits per heavy atom. The molecule has 1 heterocycles. The summed E-state index contributed by atoms with van der Waals surface area (Å²) in [6, 6.07) is 2.69. The largest absolute Gasteiger partial charge is 0.481 e. The third kappa shape index (κ3) is 2.60. The first-order chi connectivity index (χ1) is 8.71. The standard InChI is InChI=1S/C11H7Cl2F3O3/c12-6-1-2-7(13)8-4(6)3-5(10(17)18)9(19-8)11(14,15)16/h1-2,5,9H,3H2,(H,17,18)/t5-,9+/m0/s1. The Kier molecular flexibility index (Phi) is 3.57. The number of carbonyl (C=O) groups is 1. The van der Waals surface area contributed by atoms with Crippen LogP contribution in [-0.4, -0.2) is 23.4 Å². The average Bonchev–Trinajstić information content (AvgIpc) is 2.31. The van der Waals surface area contributed by atoms with E-state index in [1.807, 2.05) is 0 Å². The first kappa shape index (κ1) is 14.3. The lowest BCUT2D eigenvalue weighted by molar-refractivity contribution is -0.217. The minimum absolute atomic E-state index is 0.0301. The zero-order valence-corrected chi connectivity index (χ0v) is 10.7. The average molecular weight is 315 g/mol. The lowest BCUT2D eigenvalue weighted by Crippen LogP contribution is -2.47. The second kappa shape index (κ2) is 4.76. The van der Waals surface area contributed by atoms with Gasteiger partial charge in [-0.2, -0.15) is 13.2 Å². The molecular formula is C11H7Cl2F3O3. The molecular weight excluding hydrogens is 308 g/mol. The maximum atomic E-state index is 12.8. The van der Waals surface area contributed by atoms with Crippen molar-refractivity contribution in [2.75, 3.05) is 0 Å². The normalized spacial score (nSPS) is 22.6. The molecule has 1 aromatic rings. The molecule has 1 aliphatic heterocycles. The van der Waals surface area contributed by atoms with Crippen LogP contribution in [0.15, 0.2) is 12.1 Å². The number of carboxylic acid groups (broad SMARTS) is 1. The Bertz CT molecular complexity index is 531. The number of halogens is 5. The van der Waals surface area contributed by atoms with Crippen molar-refractivity contribution in [3.63, 3.8) is 0 Å². The molecule has 0 amide bonds. The molecule has 0 aromatic heterocycles. The van der Waals surface area contributed by atoms with E-state index >= 15 is 0 Å². The fraction of sp³-hybridized carbons (Fsp3) is 0.364. The van der Waals surface area contributed by atoms with Crippen molar-refractivity contribution < 1.29 is 27.8 Å². The van der Waals surface area contributed by atoms with Gasteiger partial charge in [0.05, 0.1) is 5.02 Å². The predicted molar refractivity (Wildman–Crippen MR) is 61.8 cm³/mol. The van der Waals surface area contributed by atoms with Gasteiger partial charge < -0.3 is 9.84 Å². The van der Waals surface area contributed by atoms with Gasteiger partial charge in [-0.3, -0.25) is 4.79 Å². The van der Waals surface area contributed by atoms with Crippen molar-refractivity contribution in [3.8, 4) is 5.75 Å². The second-order valence-corrected chi connectivity index (χ2v) is 4.88. The topological polar surface area (TPSA) is 46.5 Å². The Labute approximate surface area is 115 Å². The van der Waals surface area contributed by atoms with Crippen molar-refractivity contribution in [1.29, 1.82) is 0 Å². The molecule has 104 valence electrons. The predicted octanol–water partition coefficient (Wildman–Crippen LogP) is 3.56. The number of hydrogen-bond acceptors (Lipinski definition) is 2. The summed E-state index contributed by atoms with van der Waals surface area (Å²) in [4.78, 5) is 11.0. The van der Waals surface area contributed by atoms with Gasteiger partial charge in [0.2, 0.25) is 6.10 Å². The van der Waals surface area contributed by atoms with Crippen LogP contribution in [0, 0.1) is 5.92 Å². The molecule has 1 N–H and O–H groups in total. The molecule has 0 unspecified atom stereocenters. The molecule has 0 saturated heterocycles. The van der Waals surface area contributed by atoms with Crippen LogP contribution in [0.25, 0.3) is 0 Å². The van der Waals surface area contributed by atoms with Crippen molar-refractivity contribution in [2.24, 2.45) is 5.92 Å². The Hall–Kier alpha value is -1.14. The van der Waals surface area contributed by atoms with E-state index in [0.717, 1.165) is 0 Å². The highest BCUT2D eigenvalue weighted by molar-refractivity contribution is 6.35. The van der Waals surface area contributed by atoms with Crippen LogP contribution >= 0.6 is 23.2 Å². The van der Waals surface area contributed by atoms with Gasteiger partial charge in [-0.1, -0.05) is 23.2 Å². The van der Waals surface area contributed by atoms with E-state index in [0.29, 0.717) is 0 Å². The lowest BCUT2D eigenvalue weighted by atomic mass is 9.90. The highest BCUT2D eigenvalue weighted by atomic mass is 35.5. The second-order valence-electron chi connectivity index (χ2n) is 4.07. The monoisotopic (exact) mass is 314 g/mol. The maximum absolute atomic E-state index is 12.8. The number of aliphatic carboxylic acids is 1. The zero-order valence-electron chi connectivity index (χ0n) is 9.17. The SMILES string of the molecule is O=C(O)[C@H]1Cc2c(Cl)ccc(Cl)c2O[C@H]1C(F)(F)F. The van der Waals surface area contributed by atoms with Crippen LogP contribution in [0.4, 0.5) is 13.2 Å². The Balaban J connectivity index is 2.51. The first-order valence-electron chi connectivity index (χ1n) is 5.15. The smallest absolute Gasteiger partial charge is 0.426 e. The van der Waals surface area contributed by atoms with Crippen molar-refractivity contribution >= 4 is 29.2 Å². The molecule has 0 radical (unpaired) electrons. The number of rotatable bonds is 1. The van der Waals surface area contributed by atoms with Crippen LogP contribution in [-0.2, 0) is 11.2 Å². The molecule has 0 spiro atoms. The molecule has 0 aliphatic carbocycles. The summed E-state index contributed by atoms with van der Waals surface area (Å²) in [5.41, 5.74) is 0.182. The van der Waals surface area contributed by atoms with Crippen molar-refractivity contribution in [3.05, 3.63) is 27.7 Å². The molecule has 8 heteroatoms. The van der Waals surface area contributed by atoms with E-state index in [9.17, 15) is 18.0 Å². The van der Waals surface area contributed by atoms with Crippen molar-refractivity contribution in [1.82, 2.24) is 0 Å². The molecule has 1 aromatic carbocycles. The van der Waals surface area contributed by atoms with Gasteiger partial charge >= 0.3 is 12.1 Å². The Morgan fingerprint density at radius 1 is 1.32 bits per heavy atom. The van der Waals surface area contributed by atoms with Gasteiger partial charge in [0.1, 0.15) is 11.7 Å². The van der Waals surface area contributed by atoms with Crippen LogP contribution in [0.5, 0.6) is 5.75 Å². The van der Waals surface area contributed by atoms with Gasteiger partial charge in [-0.15, -0.1) is 0 Å². The molecule has 1 aliphatic rings. The number of hydrogen-bond donors (Lipinski definition) is 1. The third-order valence-electron chi connectivity index (χ3n) is 2.83. The van der Waals surface area contributed by atoms with Gasteiger partial charge in [0.25, 0.3) is 0 Å².